The lowest BCUT2D eigenvalue weighted by Crippen LogP contribution is -2.35. The van der Waals surface area contributed by atoms with Gasteiger partial charge in [0.15, 0.2) is 0 Å². The smallest absolute Gasteiger partial charge is 0.227 e. The first-order valence-electron chi connectivity index (χ1n) is 6.45. The molecule has 2 atom stereocenters. The van der Waals surface area contributed by atoms with Crippen molar-refractivity contribution in [3.05, 3.63) is 35.6 Å². The van der Waals surface area contributed by atoms with E-state index in [1.54, 1.807) is 6.07 Å². The highest BCUT2D eigenvalue weighted by Gasteiger charge is 2.45. The lowest BCUT2D eigenvalue weighted by Gasteiger charge is -2.22. The zero-order valence-electron chi connectivity index (χ0n) is 10.2. The fraction of sp³-hybridized carbons (Fsp3) is 0.500. The van der Waals surface area contributed by atoms with Gasteiger partial charge in [-0.2, -0.15) is 0 Å². The van der Waals surface area contributed by atoms with E-state index in [4.69, 9.17) is 5.73 Å². The predicted octanol–water partition coefficient (Wildman–Crippen LogP) is 1.66. The van der Waals surface area contributed by atoms with Gasteiger partial charge in [0.2, 0.25) is 5.91 Å². The second-order valence-corrected chi connectivity index (χ2v) is 5.33. The summed E-state index contributed by atoms with van der Waals surface area (Å²) in [4.78, 5) is 14.1. The van der Waals surface area contributed by atoms with Crippen molar-refractivity contribution in [2.45, 2.75) is 37.9 Å². The van der Waals surface area contributed by atoms with Gasteiger partial charge < -0.3 is 10.6 Å². The number of hydrogen-bond donors (Lipinski definition) is 1. The lowest BCUT2D eigenvalue weighted by atomic mass is 10.2. The van der Waals surface area contributed by atoms with Crippen molar-refractivity contribution < 1.29 is 9.18 Å². The standard InChI is InChI=1S/C14H17FN2O/c15-10-3-1-2-9(6-10)8-17(11-4-5-11)14(18)12-7-13(12)16/h1-3,6,11-13H,4-5,7-8,16H2. The highest BCUT2D eigenvalue weighted by molar-refractivity contribution is 5.83. The first-order chi connectivity index (χ1) is 8.65. The van der Waals surface area contributed by atoms with Gasteiger partial charge >= 0.3 is 0 Å². The minimum absolute atomic E-state index is 0.000779. The molecule has 3 rings (SSSR count). The van der Waals surface area contributed by atoms with Gasteiger partial charge in [-0.05, 0) is 37.0 Å². The van der Waals surface area contributed by atoms with Crippen LogP contribution >= 0.6 is 0 Å². The van der Waals surface area contributed by atoms with Crippen LogP contribution in [0.25, 0.3) is 0 Å². The number of halogens is 1. The summed E-state index contributed by atoms with van der Waals surface area (Å²) in [6.45, 7) is 0.504. The van der Waals surface area contributed by atoms with E-state index < -0.39 is 0 Å². The Bertz CT molecular complexity index is 473. The quantitative estimate of drug-likeness (QED) is 0.881. The third-order valence-corrected chi connectivity index (χ3v) is 3.67. The van der Waals surface area contributed by atoms with E-state index in [0.717, 1.165) is 24.8 Å². The number of nitrogens with two attached hydrogens (primary N) is 1. The number of carbonyl (C=O) groups is 1. The monoisotopic (exact) mass is 248 g/mol. The molecule has 18 heavy (non-hydrogen) atoms. The van der Waals surface area contributed by atoms with Crippen LogP contribution in [0, 0.1) is 11.7 Å². The van der Waals surface area contributed by atoms with Crippen LogP contribution in [0.15, 0.2) is 24.3 Å². The Balaban J connectivity index is 1.72. The van der Waals surface area contributed by atoms with E-state index in [1.807, 2.05) is 11.0 Å². The second kappa shape index (κ2) is 4.35. The number of rotatable bonds is 4. The Kier molecular flexibility index (Phi) is 2.82. The SMILES string of the molecule is NC1CC1C(=O)N(Cc1cccc(F)c1)C1CC1. The molecule has 0 bridgehead atoms. The molecular weight excluding hydrogens is 231 g/mol. The lowest BCUT2D eigenvalue weighted by molar-refractivity contribution is -0.133. The summed E-state index contributed by atoms with van der Waals surface area (Å²) in [7, 11) is 0. The van der Waals surface area contributed by atoms with Gasteiger partial charge in [-0.1, -0.05) is 12.1 Å². The molecule has 0 heterocycles. The molecule has 2 aliphatic carbocycles. The van der Waals surface area contributed by atoms with Crippen molar-refractivity contribution in [3.63, 3.8) is 0 Å². The number of benzene rings is 1. The van der Waals surface area contributed by atoms with Crippen LogP contribution in [-0.4, -0.2) is 22.9 Å². The molecule has 3 nitrogen and oxygen atoms in total. The maximum atomic E-state index is 13.1. The summed E-state index contributed by atoms with van der Waals surface area (Å²) >= 11 is 0. The largest absolute Gasteiger partial charge is 0.335 e. The van der Waals surface area contributed by atoms with E-state index in [2.05, 4.69) is 0 Å². The molecule has 0 aromatic heterocycles. The summed E-state index contributed by atoms with van der Waals surface area (Å²) in [6, 6.07) is 6.83. The van der Waals surface area contributed by atoms with Crippen LogP contribution in [0.4, 0.5) is 4.39 Å². The van der Waals surface area contributed by atoms with Gasteiger partial charge in [-0.15, -0.1) is 0 Å². The Morgan fingerprint density at radius 2 is 2.17 bits per heavy atom. The summed E-state index contributed by atoms with van der Waals surface area (Å²) in [5, 5.41) is 0. The van der Waals surface area contributed by atoms with Gasteiger partial charge in [0.05, 0.1) is 5.92 Å². The molecule has 1 aromatic rings. The van der Waals surface area contributed by atoms with Gasteiger partial charge in [0, 0.05) is 18.6 Å². The van der Waals surface area contributed by atoms with Gasteiger partial charge in [-0.25, -0.2) is 4.39 Å². The van der Waals surface area contributed by atoms with Crippen molar-refractivity contribution >= 4 is 5.91 Å². The zero-order valence-corrected chi connectivity index (χ0v) is 10.2. The first-order valence-corrected chi connectivity index (χ1v) is 6.45. The molecule has 0 spiro atoms. The summed E-state index contributed by atoms with van der Waals surface area (Å²) in [5.41, 5.74) is 6.59. The summed E-state index contributed by atoms with van der Waals surface area (Å²) < 4.78 is 13.1. The molecule has 4 heteroatoms. The van der Waals surface area contributed by atoms with E-state index in [-0.39, 0.29) is 23.7 Å². The number of amides is 1. The molecule has 1 amide bonds. The Hall–Kier alpha value is -1.42. The zero-order chi connectivity index (χ0) is 12.7. The number of carbonyl (C=O) groups excluding carboxylic acids is 1. The van der Waals surface area contributed by atoms with Crippen molar-refractivity contribution in [2.75, 3.05) is 0 Å². The van der Waals surface area contributed by atoms with Crippen LogP contribution in [0.5, 0.6) is 0 Å². The highest BCUT2D eigenvalue weighted by Crippen LogP contribution is 2.36. The minimum Gasteiger partial charge on any atom is -0.335 e. The number of nitrogens with zero attached hydrogens (tertiary/aromatic N) is 1. The third kappa shape index (κ3) is 2.38. The highest BCUT2D eigenvalue weighted by atomic mass is 19.1. The molecule has 0 radical (unpaired) electrons. The average Bonchev–Trinajstić information content (AvgIpc) is 3.21. The van der Waals surface area contributed by atoms with E-state index >= 15 is 0 Å². The minimum atomic E-state index is -0.251. The summed E-state index contributed by atoms with van der Waals surface area (Å²) in [6.07, 6.45) is 2.91. The van der Waals surface area contributed by atoms with E-state index in [0.29, 0.717) is 12.6 Å². The van der Waals surface area contributed by atoms with Crippen LogP contribution in [0.3, 0.4) is 0 Å². The molecule has 2 aliphatic rings. The predicted molar refractivity (Wildman–Crippen MR) is 66.1 cm³/mol. The Labute approximate surface area is 106 Å². The van der Waals surface area contributed by atoms with Gasteiger partial charge in [0.1, 0.15) is 5.82 Å². The molecule has 96 valence electrons. The normalized spacial score (nSPS) is 25.9. The van der Waals surface area contributed by atoms with Crippen molar-refractivity contribution in [3.8, 4) is 0 Å². The van der Waals surface area contributed by atoms with Gasteiger partial charge in [-0.3, -0.25) is 4.79 Å². The Morgan fingerprint density at radius 3 is 2.72 bits per heavy atom. The molecule has 2 unspecified atom stereocenters. The molecule has 2 saturated carbocycles. The number of hydrogen-bond acceptors (Lipinski definition) is 2. The maximum Gasteiger partial charge on any atom is 0.227 e. The molecule has 2 fully saturated rings. The van der Waals surface area contributed by atoms with Gasteiger partial charge in [0.25, 0.3) is 0 Å². The molecule has 0 aliphatic heterocycles. The fourth-order valence-corrected chi connectivity index (χ4v) is 2.32. The van der Waals surface area contributed by atoms with Crippen LogP contribution in [0.2, 0.25) is 0 Å². The maximum absolute atomic E-state index is 13.1. The second-order valence-electron chi connectivity index (χ2n) is 5.33. The van der Waals surface area contributed by atoms with Crippen molar-refractivity contribution in [1.29, 1.82) is 0 Å². The molecular formula is C14H17FN2O. The fourth-order valence-electron chi connectivity index (χ4n) is 2.32. The molecule has 2 N–H and O–H groups in total. The Morgan fingerprint density at radius 1 is 1.44 bits per heavy atom. The topological polar surface area (TPSA) is 46.3 Å². The molecule has 1 aromatic carbocycles. The molecule has 0 saturated heterocycles. The van der Waals surface area contributed by atoms with Crippen LogP contribution in [0.1, 0.15) is 24.8 Å². The van der Waals surface area contributed by atoms with Crippen LogP contribution in [-0.2, 0) is 11.3 Å². The van der Waals surface area contributed by atoms with Crippen molar-refractivity contribution in [1.82, 2.24) is 4.90 Å². The average molecular weight is 248 g/mol. The third-order valence-electron chi connectivity index (χ3n) is 3.67. The van der Waals surface area contributed by atoms with Crippen molar-refractivity contribution in [2.24, 2.45) is 11.7 Å². The van der Waals surface area contributed by atoms with E-state index in [9.17, 15) is 9.18 Å². The summed E-state index contributed by atoms with van der Waals surface area (Å²) in [5.74, 6) is -0.104. The van der Waals surface area contributed by atoms with E-state index in [1.165, 1.54) is 12.1 Å². The first kappa shape index (κ1) is 11.7. The van der Waals surface area contributed by atoms with Crippen LogP contribution < -0.4 is 5.73 Å².